The van der Waals surface area contributed by atoms with Crippen LogP contribution in [0, 0.1) is 69.2 Å². The van der Waals surface area contributed by atoms with Crippen molar-refractivity contribution in [1.82, 2.24) is 49.2 Å². The maximum Gasteiger partial charge on any atom is 0.223 e. The summed E-state index contributed by atoms with van der Waals surface area (Å²) in [5, 5.41) is 18.8. The Balaban J connectivity index is 0.000000219. The van der Waals surface area contributed by atoms with Gasteiger partial charge >= 0.3 is 0 Å². The van der Waals surface area contributed by atoms with Gasteiger partial charge in [-0.2, -0.15) is 18.7 Å². The van der Waals surface area contributed by atoms with Crippen LogP contribution in [0.25, 0.3) is 0 Å². The lowest BCUT2D eigenvalue weighted by Crippen LogP contribution is -1.70. The van der Waals surface area contributed by atoms with Gasteiger partial charge in [0.1, 0.15) is 31.7 Å². The highest BCUT2D eigenvalue weighted by molar-refractivity contribution is 7.11. The molecule has 5 aromatic heterocycles. The van der Waals surface area contributed by atoms with E-state index in [1.807, 2.05) is 41.5 Å². The Kier molecular flexibility index (Phi) is 13.5. The van der Waals surface area contributed by atoms with Crippen molar-refractivity contribution in [2.45, 2.75) is 69.2 Å². The first-order chi connectivity index (χ1) is 16.4. The van der Waals surface area contributed by atoms with E-state index in [-0.39, 0.29) is 0 Å². The topological polar surface area (TPSA) is 155 Å². The molecule has 0 bridgehead atoms. The molecule has 0 aromatic carbocycles. The quantitative estimate of drug-likeness (QED) is 0.265. The molecular formula is C20H30N10O2S3. The largest absolute Gasteiger partial charge is 0.340 e. The van der Waals surface area contributed by atoms with Crippen LogP contribution >= 0.6 is 34.4 Å². The first-order valence-electron chi connectivity index (χ1n) is 10.3. The van der Waals surface area contributed by atoms with E-state index in [4.69, 9.17) is 0 Å². The fourth-order valence-electron chi connectivity index (χ4n) is 2.00. The van der Waals surface area contributed by atoms with Gasteiger partial charge in [0.05, 0.1) is 0 Å². The van der Waals surface area contributed by atoms with Gasteiger partial charge in [-0.3, -0.25) is 0 Å². The van der Waals surface area contributed by atoms with E-state index in [0.29, 0.717) is 23.4 Å². The van der Waals surface area contributed by atoms with E-state index in [1.165, 1.54) is 23.1 Å². The van der Waals surface area contributed by atoms with Crippen molar-refractivity contribution in [2.24, 2.45) is 0 Å². The third-order valence-corrected chi connectivity index (χ3v) is 5.32. The third kappa shape index (κ3) is 14.7. The Hall–Kier alpha value is -3.04. The summed E-state index contributed by atoms with van der Waals surface area (Å²) in [5.41, 5.74) is 0. The van der Waals surface area contributed by atoms with Gasteiger partial charge in [0, 0.05) is 13.8 Å². The highest BCUT2D eigenvalue weighted by atomic mass is 32.1. The molecular weight excluding hydrogens is 508 g/mol. The third-order valence-electron chi connectivity index (χ3n) is 3.14. The standard InChI is InChI=1S/2C4H6N2O.3C4H6N2S/c2*1-3-5-4(2)7-6-3;1-3-5-6-4(2)7-3;2*1-3-5-4(2)7-6-3/h5*1-2H3. The molecule has 0 atom stereocenters. The summed E-state index contributed by atoms with van der Waals surface area (Å²) in [6.07, 6.45) is 0. The van der Waals surface area contributed by atoms with Gasteiger partial charge in [-0.1, -0.05) is 10.3 Å². The lowest BCUT2D eigenvalue weighted by atomic mass is 10.7. The van der Waals surface area contributed by atoms with Gasteiger partial charge in [0.2, 0.25) is 11.8 Å². The van der Waals surface area contributed by atoms with Gasteiger partial charge in [-0.15, -0.1) is 21.5 Å². The van der Waals surface area contributed by atoms with E-state index in [2.05, 4.69) is 58.2 Å². The molecule has 0 fully saturated rings. The highest BCUT2D eigenvalue weighted by Gasteiger charge is 1.91. The summed E-state index contributed by atoms with van der Waals surface area (Å²) < 4.78 is 17.1. The van der Waals surface area contributed by atoms with E-state index in [1.54, 1.807) is 39.0 Å². The summed E-state index contributed by atoms with van der Waals surface area (Å²) in [6, 6.07) is 0. The van der Waals surface area contributed by atoms with Crippen molar-refractivity contribution in [3.05, 3.63) is 55.1 Å². The fraction of sp³-hybridized carbons (Fsp3) is 0.500. The molecule has 0 aliphatic rings. The molecule has 5 rings (SSSR count). The fourth-order valence-corrected chi connectivity index (χ4v) is 3.55. The number of aryl methyl sites for hydroxylation is 10. The average Bonchev–Trinajstić information content (AvgIpc) is 3.59. The molecule has 5 aromatic rings. The Morgan fingerprint density at radius 3 is 0.914 bits per heavy atom. The van der Waals surface area contributed by atoms with Gasteiger partial charge in [-0.25, -0.2) is 9.97 Å². The zero-order valence-electron chi connectivity index (χ0n) is 21.5. The zero-order chi connectivity index (χ0) is 26.4. The van der Waals surface area contributed by atoms with E-state index >= 15 is 0 Å². The first kappa shape index (κ1) is 30.0. The minimum Gasteiger partial charge on any atom is -0.340 e. The van der Waals surface area contributed by atoms with Crippen molar-refractivity contribution < 1.29 is 9.05 Å². The normalized spacial score (nSPS) is 9.43. The van der Waals surface area contributed by atoms with Crippen molar-refractivity contribution in [2.75, 3.05) is 0 Å². The van der Waals surface area contributed by atoms with Crippen LogP contribution in [-0.2, 0) is 0 Å². The number of hydrogen-bond acceptors (Lipinski definition) is 15. The van der Waals surface area contributed by atoms with Crippen LogP contribution in [0.4, 0.5) is 0 Å². The van der Waals surface area contributed by atoms with Crippen LogP contribution in [0.15, 0.2) is 9.05 Å². The maximum absolute atomic E-state index is 4.60. The molecule has 0 saturated carbocycles. The summed E-state index contributed by atoms with van der Waals surface area (Å²) in [7, 11) is 0. The highest BCUT2D eigenvalue weighted by Crippen LogP contribution is 2.04. The first-order valence-corrected chi connectivity index (χ1v) is 12.6. The molecule has 0 radical (unpaired) electrons. The lowest BCUT2D eigenvalue weighted by molar-refractivity contribution is 0.389. The van der Waals surface area contributed by atoms with Gasteiger partial charge in [-0.05, 0) is 78.5 Å². The molecule has 5 heterocycles. The summed E-state index contributed by atoms with van der Waals surface area (Å²) in [4.78, 5) is 15.7. The van der Waals surface area contributed by atoms with Crippen LogP contribution in [-0.4, -0.2) is 49.2 Å². The number of hydrogen-bond donors (Lipinski definition) is 0. The van der Waals surface area contributed by atoms with Crippen LogP contribution in [0.2, 0.25) is 0 Å². The van der Waals surface area contributed by atoms with Crippen LogP contribution in [0.1, 0.15) is 55.1 Å². The smallest absolute Gasteiger partial charge is 0.223 e. The number of aromatic nitrogens is 10. The van der Waals surface area contributed by atoms with Crippen molar-refractivity contribution >= 4 is 34.4 Å². The molecule has 0 amide bonds. The van der Waals surface area contributed by atoms with Gasteiger partial charge in [0.25, 0.3) is 0 Å². The van der Waals surface area contributed by atoms with Crippen LogP contribution in [0.3, 0.4) is 0 Å². The summed E-state index contributed by atoms with van der Waals surface area (Å²) in [5.74, 6) is 4.38. The van der Waals surface area contributed by atoms with E-state index in [0.717, 1.165) is 31.7 Å². The Morgan fingerprint density at radius 2 is 0.829 bits per heavy atom. The summed E-state index contributed by atoms with van der Waals surface area (Å²) in [6.45, 7) is 18.7. The average molecular weight is 539 g/mol. The second kappa shape index (κ2) is 15.8. The van der Waals surface area contributed by atoms with Crippen molar-refractivity contribution in [1.29, 1.82) is 0 Å². The SMILES string of the molecule is Cc1nnc(C)s1.Cc1noc(C)n1.Cc1noc(C)n1.Cc1nsc(C)n1.Cc1nsc(C)n1. The number of rotatable bonds is 0. The molecule has 0 unspecified atom stereocenters. The molecule has 190 valence electrons. The minimum absolute atomic E-state index is 0.623. The Labute approximate surface area is 216 Å². The molecule has 15 heteroatoms. The maximum atomic E-state index is 4.60. The van der Waals surface area contributed by atoms with E-state index in [9.17, 15) is 0 Å². The zero-order valence-corrected chi connectivity index (χ0v) is 24.0. The molecule has 0 aliphatic carbocycles. The van der Waals surface area contributed by atoms with Gasteiger partial charge in [0.15, 0.2) is 11.6 Å². The van der Waals surface area contributed by atoms with Crippen molar-refractivity contribution in [3.63, 3.8) is 0 Å². The second-order valence-electron chi connectivity index (χ2n) is 6.78. The molecule has 12 nitrogen and oxygen atoms in total. The van der Waals surface area contributed by atoms with Crippen molar-refractivity contribution in [3.8, 4) is 0 Å². The molecule has 0 aliphatic heterocycles. The minimum atomic E-state index is 0.623. The molecule has 0 saturated heterocycles. The van der Waals surface area contributed by atoms with Gasteiger partial charge < -0.3 is 9.05 Å². The van der Waals surface area contributed by atoms with Crippen LogP contribution in [0.5, 0.6) is 0 Å². The molecule has 0 spiro atoms. The number of nitrogens with zero attached hydrogens (tertiary/aromatic N) is 10. The van der Waals surface area contributed by atoms with Crippen LogP contribution < -0.4 is 0 Å². The molecule has 0 N–H and O–H groups in total. The predicted molar refractivity (Wildman–Crippen MR) is 136 cm³/mol. The lowest BCUT2D eigenvalue weighted by Gasteiger charge is -1.67. The Bertz CT molecular complexity index is 937. The monoisotopic (exact) mass is 538 g/mol. The van der Waals surface area contributed by atoms with E-state index < -0.39 is 0 Å². The molecule has 35 heavy (non-hydrogen) atoms. The summed E-state index contributed by atoms with van der Waals surface area (Å²) >= 11 is 4.51. The second-order valence-corrected chi connectivity index (χ2v) is 10.1. The predicted octanol–water partition coefficient (Wildman–Crippen LogP) is 4.84. The Morgan fingerprint density at radius 1 is 0.457 bits per heavy atom.